The van der Waals surface area contributed by atoms with Crippen molar-refractivity contribution in [2.45, 2.75) is 85.4 Å². The van der Waals surface area contributed by atoms with Crippen LogP contribution in [0.15, 0.2) is 41.3 Å². The van der Waals surface area contributed by atoms with Crippen LogP contribution in [0.4, 0.5) is 18.4 Å². The second-order valence-electron chi connectivity index (χ2n) is 14.1. The largest absolute Gasteiger partial charge is 0.453 e. The second-order valence-corrected chi connectivity index (χ2v) is 14.1. The lowest BCUT2D eigenvalue weighted by atomic mass is 9.87. The molecule has 1 N–H and O–H groups in total. The molecule has 0 unspecified atom stereocenters. The topological polar surface area (TPSA) is 142 Å². The van der Waals surface area contributed by atoms with E-state index in [-0.39, 0.29) is 66.1 Å². The number of hydrogen-bond acceptors (Lipinski definition) is 8. The van der Waals surface area contributed by atoms with Gasteiger partial charge in [0.1, 0.15) is 22.8 Å². The van der Waals surface area contributed by atoms with E-state index in [9.17, 15) is 24.0 Å². The van der Waals surface area contributed by atoms with Gasteiger partial charge >= 0.3 is 12.2 Å². The average molecular weight is 686 g/mol. The Morgan fingerprint density at radius 1 is 1.08 bits per heavy atom. The predicted molar refractivity (Wildman–Crippen MR) is 179 cm³/mol. The Labute approximate surface area is 284 Å². The number of ether oxygens (including phenoxy) is 2. The zero-order valence-corrected chi connectivity index (χ0v) is 29.5. The number of aromatic nitrogens is 3. The van der Waals surface area contributed by atoms with Crippen molar-refractivity contribution in [1.29, 1.82) is 0 Å². The Bertz CT molecular complexity index is 1810. The third-order valence-electron chi connectivity index (χ3n) is 7.25. The number of ketones is 1. The molecular weight excluding hydrogens is 640 g/mol. The molecular formula is C35H45F2N5O7. The number of pyridine rings is 1. The van der Waals surface area contributed by atoms with Crippen LogP contribution in [0.1, 0.15) is 71.3 Å². The summed E-state index contributed by atoms with van der Waals surface area (Å²) < 4.78 is 42.9. The Morgan fingerprint density at radius 2 is 1.76 bits per heavy atom. The number of allylic oxidation sites excluding steroid dienone is 1. The number of fused-ring (bicyclic) bond motifs is 1. The van der Waals surface area contributed by atoms with Crippen LogP contribution < -0.4 is 10.9 Å². The van der Waals surface area contributed by atoms with Gasteiger partial charge in [-0.2, -0.15) is 0 Å². The van der Waals surface area contributed by atoms with Crippen LogP contribution in [0.5, 0.6) is 0 Å². The van der Waals surface area contributed by atoms with E-state index in [0.29, 0.717) is 6.07 Å². The molecule has 2 heterocycles. The number of benzene rings is 1. The van der Waals surface area contributed by atoms with Crippen molar-refractivity contribution in [3.05, 3.63) is 75.5 Å². The van der Waals surface area contributed by atoms with Crippen LogP contribution >= 0.6 is 0 Å². The van der Waals surface area contributed by atoms with E-state index in [1.807, 2.05) is 20.8 Å². The van der Waals surface area contributed by atoms with Crippen LogP contribution in [-0.2, 0) is 38.4 Å². The van der Waals surface area contributed by atoms with Crippen molar-refractivity contribution in [3.8, 4) is 0 Å². The SMILES string of the molecule is COC(=O)N[C@@H](CC/C=C/C(=O)N(C)C)C(=O)Cc1cccn(Cc2nc3c(CC(C)(C)C)c(F)cc(F)c3n2C(=O)OC(C)(C)C)c1=O. The van der Waals surface area contributed by atoms with Gasteiger partial charge in [0.15, 0.2) is 11.6 Å². The normalized spacial score (nSPS) is 12.6. The van der Waals surface area contributed by atoms with Gasteiger partial charge in [0.2, 0.25) is 5.91 Å². The number of Topliss-reactive ketones (excluding diaryl/α,β-unsaturated/α-hetero) is 1. The molecule has 2 aromatic heterocycles. The number of nitrogens with zero attached hydrogens (tertiary/aromatic N) is 4. The summed E-state index contributed by atoms with van der Waals surface area (Å²) in [5, 5.41) is 2.48. The molecule has 3 rings (SSSR count). The minimum Gasteiger partial charge on any atom is -0.453 e. The van der Waals surface area contributed by atoms with E-state index in [1.165, 1.54) is 33.9 Å². The van der Waals surface area contributed by atoms with Gasteiger partial charge in [0, 0.05) is 43.9 Å². The lowest BCUT2D eigenvalue weighted by molar-refractivity contribution is -0.123. The summed E-state index contributed by atoms with van der Waals surface area (Å²) in [4.78, 5) is 70.2. The molecule has 3 aromatic rings. The highest BCUT2D eigenvalue weighted by Crippen LogP contribution is 2.32. The van der Waals surface area contributed by atoms with E-state index in [2.05, 4.69) is 15.0 Å². The Balaban J connectivity index is 2.03. The molecule has 12 nitrogen and oxygen atoms in total. The third kappa shape index (κ3) is 10.3. The van der Waals surface area contributed by atoms with E-state index >= 15 is 8.78 Å². The molecule has 0 spiro atoms. The summed E-state index contributed by atoms with van der Waals surface area (Å²) in [7, 11) is 4.35. The maximum absolute atomic E-state index is 15.5. The van der Waals surface area contributed by atoms with E-state index in [4.69, 9.17) is 4.74 Å². The van der Waals surface area contributed by atoms with Gasteiger partial charge in [-0.25, -0.2) is 27.9 Å². The van der Waals surface area contributed by atoms with Crippen LogP contribution in [0.25, 0.3) is 11.0 Å². The van der Waals surface area contributed by atoms with Gasteiger partial charge in [0.05, 0.1) is 25.2 Å². The number of halogens is 2. The average Bonchev–Trinajstić information content (AvgIpc) is 3.36. The third-order valence-corrected chi connectivity index (χ3v) is 7.25. The molecule has 0 saturated heterocycles. The molecule has 0 aliphatic carbocycles. The van der Waals surface area contributed by atoms with Gasteiger partial charge in [-0.1, -0.05) is 32.9 Å². The summed E-state index contributed by atoms with van der Waals surface area (Å²) in [6, 6.07) is 2.65. The fourth-order valence-electron chi connectivity index (χ4n) is 5.01. The molecule has 49 heavy (non-hydrogen) atoms. The number of hydrogen-bond donors (Lipinski definition) is 1. The molecule has 0 radical (unpaired) electrons. The molecule has 0 bridgehead atoms. The van der Waals surface area contributed by atoms with E-state index in [1.54, 1.807) is 40.9 Å². The summed E-state index contributed by atoms with van der Waals surface area (Å²) in [6.45, 7) is 10.2. The van der Waals surface area contributed by atoms with Crippen molar-refractivity contribution < 1.29 is 37.4 Å². The molecule has 1 atom stereocenters. The van der Waals surface area contributed by atoms with E-state index in [0.717, 1.165) is 11.7 Å². The molecule has 0 aliphatic heterocycles. The zero-order chi connectivity index (χ0) is 36.8. The molecule has 0 saturated carbocycles. The highest BCUT2D eigenvalue weighted by atomic mass is 19.1. The maximum atomic E-state index is 15.5. The first-order valence-corrected chi connectivity index (χ1v) is 15.8. The standard InChI is InChI=1S/C35H45F2N5O7/c1-34(2,3)19-22-23(36)18-24(37)30-29(22)39-27(42(30)33(47)49-35(4,5)6)20-41-16-12-13-21(31(41)45)17-26(43)25(38-32(46)48-9)14-10-11-15-28(44)40(7)8/h11-13,15-16,18,25H,10,14,17,19-20H2,1-9H3,(H,38,46)/b15-11+/t25-/m0/s1. The predicted octanol–water partition coefficient (Wildman–Crippen LogP) is 5.16. The number of likely N-dealkylation sites (N-methyl/N-ethyl adjacent to an activating group) is 1. The number of alkyl carbamates (subject to hydrolysis) is 1. The molecule has 266 valence electrons. The number of imidazole rings is 1. The number of carbonyl (C=O) groups is 4. The Morgan fingerprint density at radius 3 is 2.35 bits per heavy atom. The molecule has 1 aromatic carbocycles. The fraction of sp³-hybridized carbons (Fsp3) is 0.486. The first-order chi connectivity index (χ1) is 22.7. The number of methoxy groups -OCH3 is 1. The van der Waals surface area contributed by atoms with Crippen molar-refractivity contribution in [2.24, 2.45) is 5.41 Å². The molecule has 2 amide bonds. The highest BCUT2D eigenvalue weighted by Gasteiger charge is 2.30. The van der Waals surface area contributed by atoms with Crippen LogP contribution in [0, 0.1) is 17.0 Å². The zero-order valence-electron chi connectivity index (χ0n) is 29.5. The minimum atomic E-state index is -1.03. The quantitative estimate of drug-likeness (QED) is 0.273. The van der Waals surface area contributed by atoms with Crippen LogP contribution in [-0.4, -0.2) is 75.7 Å². The van der Waals surface area contributed by atoms with Gasteiger partial charge in [0.25, 0.3) is 5.56 Å². The highest BCUT2D eigenvalue weighted by molar-refractivity contribution is 5.91. The summed E-state index contributed by atoms with van der Waals surface area (Å²) in [5.74, 6) is -2.65. The minimum absolute atomic E-state index is 0.0641. The summed E-state index contributed by atoms with van der Waals surface area (Å²) >= 11 is 0. The van der Waals surface area contributed by atoms with Gasteiger partial charge in [-0.05, 0) is 57.6 Å². The van der Waals surface area contributed by atoms with Crippen LogP contribution in [0.3, 0.4) is 0 Å². The lowest BCUT2D eigenvalue weighted by Crippen LogP contribution is -2.42. The number of carbonyl (C=O) groups excluding carboxylic acids is 4. The summed E-state index contributed by atoms with van der Waals surface area (Å²) in [6.07, 6.45) is 2.76. The van der Waals surface area contributed by atoms with Gasteiger partial charge < -0.3 is 24.3 Å². The number of rotatable bonds is 11. The van der Waals surface area contributed by atoms with Crippen molar-refractivity contribution in [2.75, 3.05) is 21.2 Å². The lowest BCUT2D eigenvalue weighted by Gasteiger charge is -2.21. The summed E-state index contributed by atoms with van der Waals surface area (Å²) in [5.41, 5.74) is -2.14. The Hall–Kier alpha value is -4.88. The first-order valence-electron chi connectivity index (χ1n) is 15.8. The van der Waals surface area contributed by atoms with Gasteiger partial charge in [-0.3, -0.25) is 14.4 Å². The van der Waals surface area contributed by atoms with E-state index < -0.39 is 52.2 Å². The molecule has 14 heteroatoms. The number of amides is 2. The molecule has 0 aliphatic rings. The fourth-order valence-corrected chi connectivity index (χ4v) is 5.01. The first kappa shape index (κ1) is 38.6. The molecule has 0 fully saturated rings. The van der Waals surface area contributed by atoms with Crippen molar-refractivity contribution in [1.82, 2.24) is 24.3 Å². The number of nitrogens with one attached hydrogen (secondary N) is 1. The smallest absolute Gasteiger partial charge is 0.420 e. The monoisotopic (exact) mass is 685 g/mol. The van der Waals surface area contributed by atoms with Crippen molar-refractivity contribution >= 4 is 34.9 Å². The maximum Gasteiger partial charge on any atom is 0.420 e. The van der Waals surface area contributed by atoms with Crippen LogP contribution in [0.2, 0.25) is 0 Å². The van der Waals surface area contributed by atoms with Crippen molar-refractivity contribution in [3.63, 3.8) is 0 Å². The van der Waals surface area contributed by atoms with Gasteiger partial charge in [-0.15, -0.1) is 0 Å². The Kier molecular flexibility index (Phi) is 12.2. The second kappa shape index (κ2) is 15.6.